The molecule has 0 radical (unpaired) electrons. The van der Waals surface area contributed by atoms with Crippen LogP contribution in [-0.2, 0) is 0 Å². The fourth-order valence-electron chi connectivity index (χ4n) is 0.834. The first-order valence-corrected chi connectivity index (χ1v) is 2.63. The first-order chi connectivity index (χ1) is 4.38. The highest BCUT2D eigenvalue weighted by Gasteiger charge is 1.96. The molecule has 0 bridgehead atoms. The number of aromatic amines is 1. The van der Waals surface area contributed by atoms with Crippen LogP contribution >= 0.6 is 0 Å². The van der Waals surface area contributed by atoms with Crippen molar-refractivity contribution >= 4 is 11.5 Å². The van der Waals surface area contributed by atoms with E-state index >= 15 is 0 Å². The highest BCUT2D eigenvalue weighted by Crippen LogP contribution is 2.06. The second kappa shape index (κ2) is 1.28. The summed E-state index contributed by atoms with van der Waals surface area (Å²) in [5.74, 6) is 0.542. The SMILES string of the molecule is Nc1ncn2cc[nH]c12. The van der Waals surface area contributed by atoms with Gasteiger partial charge in [-0.05, 0) is 0 Å². The predicted octanol–water partition coefficient (Wildman–Crippen LogP) is 0.245. The van der Waals surface area contributed by atoms with Gasteiger partial charge in [0.05, 0.1) is 0 Å². The van der Waals surface area contributed by atoms with E-state index in [2.05, 4.69) is 9.97 Å². The van der Waals surface area contributed by atoms with Gasteiger partial charge in [0.1, 0.15) is 6.33 Å². The average molecular weight is 122 g/mol. The lowest BCUT2D eigenvalue weighted by molar-refractivity contribution is 1.18. The zero-order valence-electron chi connectivity index (χ0n) is 4.70. The number of imidazole rings is 2. The van der Waals surface area contributed by atoms with Crippen molar-refractivity contribution in [3.63, 3.8) is 0 Å². The maximum atomic E-state index is 5.46. The Labute approximate surface area is 51.3 Å². The molecule has 2 heterocycles. The summed E-state index contributed by atoms with van der Waals surface area (Å²) in [5.41, 5.74) is 6.31. The van der Waals surface area contributed by atoms with Crippen LogP contribution in [0.1, 0.15) is 0 Å². The largest absolute Gasteiger partial charge is 0.381 e. The summed E-state index contributed by atoms with van der Waals surface area (Å²) >= 11 is 0. The molecular weight excluding hydrogens is 116 g/mol. The van der Waals surface area contributed by atoms with E-state index in [1.807, 2.05) is 16.8 Å². The molecular formula is C5H6N4. The van der Waals surface area contributed by atoms with Crippen molar-refractivity contribution in [2.24, 2.45) is 0 Å². The van der Waals surface area contributed by atoms with Crippen LogP contribution in [0.5, 0.6) is 0 Å². The highest BCUT2D eigenvalue weighted by molar-refractivity contribution is 5.59. The van der Waals surface area contributed by atoms with Gasteiger partial charge in [-0.1, -0.05) is 0 Å². The van der Waals surface area contributed by atoms with Gasteiger partial charge in [-0.15, -0.1) is 0 Å². The Morgan fingerprint density at radius 1 is 1.67 bits per heavy atom. The maximum absolute atomic E-state index is 5.46. The molecule has 46 valence electrons. The van der Waals surface area contributed by atoms with Crippen LogP contribution in [-0.4, -0.2) is 14.4 Å². The van der Waals surface area contributed by atoms with Crippen LogP contribution in [0.2, 0.25) is 0 Å². The second-order valence-electron chi connectivity index (χ2n) is 1.85. The van der Waals surface area contributed by atoms with E-state index in [1.54, 1.807) is 6.33 Å². The van der Waals surface area contributed by atoms with Crippen LogP contribution < -0.4 is 5.73 Å². The molecule has 9 heavy (non-hydrogen) atoms. The lowest BCUT2D eigenvalue weighted by Gasteiger charge is -1.78. The lowest BCUT2D eigenvalue weighted by Crippen LogP contribution is -1.83. The minimum Gasteiger partial charge on any atom is -0.381 e. The van der Waals surface area contributed by atoms with Gasteiger partial charge in [-0.3, -0.25) is 4.40 Å². The van der Waals surface area contributed by atoms with Crippen LogP contribution in [0.25, 0.3) is 5.65 Å². The summed E-state index contributed by atoms with van der Waals surface area (Å²) in [5, 5.41) is 0. The molecule has 4 nitrogen and oxygen atoms in total. The second-order valence-corrected chi connectivity index (χ2v) is 1.85. The van der Waals surface area contributed by atoms with Crippen LogP contribution in [0.15, 0.2) is 18.7 Å². The standard InChI is InChI=1S/C5H6N4/c6-4-5-7-1-2-9(5)3-8-4/h1-3,7H,6H2. The molecule has 0 fully saturated rings. The summed E-state index contributed by atoms with van der Waals surface area (Å²) in [6.45, 7) is 0. The first kappa shape index (κ1) is 4.43. The Morgan fingerprint density at radius 3 is 3.33 bits per heavy atom. The highest BCUT2D eigenvalue weighted by atomic mass is 15.1. The Kier molecular flexibility index (Phi) is 0.631. The minimum atomic E-state index is 0.542. The minimum absolute atomic E-state index is 0.542. The van der Waals surface area contributed by atoms with Crippen molar-refractivity contribution in [2.45, 2.75) is 0 Å². The van der Waals surface area contributed by atoms with Gasteiger partial charge < -0.3 is 10.7 Å². The number of rotatable bonds is 0. The fourth-order valence-corrected chi connectivity index (χ4v) is 0.834. The number of fused-ring (bicyclic) bond motifs is 1. The number of nitrogens with zero attached hydrogens (tertiary/aromatic N) is 2. The fraction of sp³-hybridized carbons (Fsp3) is 0. The van der Waals surface area contributed by atoms with Crippen LogP contribution in [0.3, 0.4) is 0 Å². The number of nitrogens with one attached hydrogen (secondary N) is 1. The van der Waals surface area contributed by atoms with Gasteiger partial charge in [0.25, 0.3) is 0 Å². The first-order valence-electron chi connectivity index (χ1n) is 2.63. The molecule has 0 saturated carbocycles. The average Bonchev–Trinajstić information content (AvgIpc) is 2.35. The number of aromatic nitrogens is 3. The monoisotopic (exact) mass is 122 g/mol. The molecule has 2 rings (SSSR count). The zero-order valence-corrected chi connectivity index (χ0v) is 4.70. The molecule has 2 aromatic heterocycles. The molecule has 0 aliphatic carbocycles. The molecule has 0 saturated heterocycles. The summed E-state index contributed by atoms with van der Waals surface area (Å²) in [7, 11) is 0. The van der Waals surface area contributed by atoms with Crippen molar-refractivity contribution in [1.29, 1.82) is 0 Å². The predicted molar refractivity (Wildman–Crippen MR) is 34.0 cm³/mol. The van der Waals surface area contributed by atoms with Crippen molar-refractivity contribution < 1.29 is 0 Å². The summed E-state index contributed by atoms with van der Waals surface area (Å²) < 4.78 is 1.83. The number of hydrogen-bond donors (Lipinski definition) is 2. The summed E-state index contributed by atoms with van der Waals surface area (Å²) in [4.78, 5) is 6.81. The van der Waals surface area contributed by atoms with Gasteiger partial charge in [-0.25, -0.2) is 4.98 Å². The van der Waals surface area contributed by atoms with E-state index in [4.69, 9.17) is 5.73 Å². The molecule has 3 N–H and O–H groups in total. The molecule has 0 amide bonds. The molecule has 0 aromatic carbocycles. The molecule has 0 unspecified atom stereocenters. The molecule has 2 aromatic rings. The Hall–Kier alpha value is -1.45. The van der Waals surface area contributed by atoms with E-state index in [0.717, 1.165) is 5.65 Å². The quantitative estimate of drug-likeness (QED) is 0.526. The molecule has 0 spiro atoms. The maximum Gasteiger partial charge on any atom is 0.166 e. The van der Waals surface area contributed by atoms with Crippen molar-refractivity contribution in [1.82, 2.24) is 14.4 Å². The molecule has 0 atom stereocenters. The van der Waals surface area contributed by atoms with E-state index in [-0.39, 0.29) is 0 Å². The third-order valence-electron chi connectivity index (χ3n) is 1.28. The lowest BCUT2D eigenvalue weighted by atomic mass is 10.7. The van der Waals surface area contributed by atoms with E-state index < -0.39 is 0 Å². The number of H-pyrrole nitrogens is 1. The van der Waals surface area contributed by atoms with E-state index in [1.165, 1.54) is 0 Å². The normalized spacial score (nSPS) is 10.7. The third kappa shape index (κ3) is 0.440. The molecule has 0 aliphatic rings. The van der Waals surface area contributed by atoms with Crippen LogP contribution in [0.4, 0.5) is 5.82 Å². The number of hydrogen-bond acceptors (Lipinski definition) is 2. The molecule has 4 heteroatoms. The third-order valence-corrected chi connectivity index (χ3v) is 1.28. The van der Waals surface area contributed by atoms with Gasteiger partial charge in [-0.2, -0.15) is 0 Å². The summed E-state index contributed by atoms with van der Waals surface area (Å²) in [6, 6.07) is 0. The number of nitrogens with two attached hydrogens (primary N) is 1. The summed E-state index contributed by atoms with van der Waals surface area (Å²) in [6.07, 6.45) is 5.34. The Bertz CT molecular complexity index is 318. The topological polar surface area (TPSA) is 59.1 Å². The Morgan fingerprint density at radius 2 is 2.56 bits per heavy atom. The zero-order chi connectivity index (χ0) is 6.27. The van der Waals surface area contributed by atoms with Crippen molar-refractivity contribution in [2.75, 3.05) is 5.73 Å². The van der Waals surface area contributed by atoms with Crippen molar-refractivity contribution in [3.8, 4) is 0 Å². The number of nitrogen functional groups attached to an aromatic ring is 1. The van der Waals surface area contributed by atoms with Crippen molar-refractivity contribution in [3.05, 3.63) is 18.7 Å². The van der Waals surface area contributed by atoms with Gasteiger partial charge in [0.15, 0.2) is 11.5 Å². The Balaban J connectivity index is 2.99. The van der Waals surface area contributed by atoms with E-state index in [0.29, 0.717) is 5.82 Å². The van der Waals surface area contributed by atoms with Gasteiger partial charge >= 0.3 is 0 Å². The molecule has 0 aliphatic heterocycles. The van der Waals surface area contributed by atoms with E-state index in [9.17, 15) is 0 Å². The van der Waals surface area contributed by atoms with Gasteiger partial charge in [0, 0.05) is 12.4 Å². The number of anilines is 1. The van der Waals surface area contributed by atoms with Gasteiger partial charge in [0.2, 0.25) is 0 Å². The smallest absolute Gasteiger partial charge is 0.166 e. The van der Waals surface area contributed by atoms with Crippen LogP contribution in [0, 0.1) is 0 Å².